The molecule has 0 radical (unpaired) electrons. The highest BCUT2D eigenvalue weighted by Crippen LogP contribution is 2.16. The van der Waals surface area contributed by atoms with Gasteiger partial charge in [-0.25, -0.2) is 13.6 Å². The first-order valence-corrected chi connectivity index (χ1v) is 8.05. The fourth-order valence-corrected chi connectivity index (χ4v) is 2.34. The second-order valence-corrected chi connectivity index (χ2v) is 5.77. The Labute approximate surface area is 154 Å². The lowest BCUT2D eigenvalue weighted by Crippen LogP contribution is -2.37. The normalized spacial score (nSPS) is 10.3. The Hall–Kier alpha value is -3.29. The molecule has 0 saturated carbocycles. The molecule has 0 aliphatic heterocycles. The van der Waals surface area contributed by atoms with Gasteiger partial charge >= 0.3 is 5.97 Å². The number of aryl methyl sites for hydroxylation is 1. The molecule has 0 heterocycles. The van der Waals surface area contributed by atoms with E-state index in [1.165, 1.54) is 24.3 Å². The van der Waals surface area contributed by atoms with Gasteiger partial charge in [0.1, 0.15) is 11.6 Å². The first kappa shape index (κ1) is 20.0. The van der Waals surface area contributed by atoms with Gasteiger partial charge in [0.2, 0.25) is 5.91 Å². The molecule has 2 N–H and O–H groups in total. The maximum atomic E-state index is 13.3. The summed E-state index contributed by atoms with van der Waals surface area (Å²) in [6.07, 6.45) is -0.125. The third kappa shape index (κ3) is 5.60. The lowest BCUT2D eigenvalue weighted by atomic mass is 10.1. The van der Waals surface area contributed by atoms with Crippen molar-refractivity contribution in [2.75, 3.05) is 18.1 Å². The van der Waals surface area contributed by atoms with E-state index in [0.717, 1.165) is 23.1 Å². The highest BCUT2D eigenvalue weighted by molar-refractivity contribution is 5.98. The predicted octanol–water partition coefficient (Wildman–Crippen LogP) is 2.34. The molecule has 0 aliphatic rings. The van der Waals surface area contributed by atoms with Crippen LogP contribution < -0.4 is 10.6 Å². The number of ether oxygens (including phenoxy) is 1. The minimum atomic E-state index is -0.852. The molecular weight excluding hydrogens is 358 g/mol. The minimum absolute atomic E-state index is 0.00766. The Morgan fingerprint density at radius 1 is 1.04 bits per heavy atom. The quantitative estimate of drug-likeness (QED) is 0.751. The van der Waals surface area contributed by atoms with E-state index in [0.29, 0.717) is 11.3 Å². The Morgan fingerprint density at radius 3 is 2.30 bits per heavy atom. The summed E-state index contributed by atoms with van der Waals surface area (Å²) in [7, 11) is 0. The zero-order valence-corrected chi connectivity index (χ0v) is 14.6. The van der Waals surface area contributed by atoms with Crippen molar-refractivity contribution in [3.63, 3.8) is 0 Å². The van der Waals surface area contributed by atoms with E-state index in [1.54, 1.807) is 6.92 Å². The second-order valence-electron chi connectivity index (χ2n) is 5.77. The van der Waals surface area contributed by atoms with Crippen LogP contribution in [0, 0.1) is 18.6 Å². The third-order valence-corrected chi connectivity index (χ3v) is 3.77. The number of hydrogen-bond acceptors (Lipinski definition) is 4. The van der Waals surface area contributed by atoms with Crippen molar-refractivity contribution in [1.82, 2.24) is 0 Å². The summed E-state index contributed by atoms with van der Waals surface area (Å²) in [6.45, 7) is 0.913. The molecule has 0 unspecified atom stereocenters. The summed E-state index contributed by atoms with van der Waals surface area (Å²) in [6, 6.07) is 8.67. The Morgan fingerprint density at radius 2 is 1.67 bits per heavy atom. The maximum Gasteiger partial charge on any atom is 0.339 e. The van der Waals surface area contributed by atoms with Crippen molar-refractivity contribution in [2.45, 2.75) is 13.3 Å². The molecule has 0 aliphatic carbocycles. The molecule has 2 rings (SSSR count). The van der Waals surface area contributed by atoms with Gasteiger partial charge in [-0.05, 0) is 48.9 Å². The lowest BCUT2D eigenvalue weighted by molar-refractivity contribution is -0.121. The molecule has 27 heavy (non-hydrogen) atoms. The summed E-state index contributed by atoms with van der Waals surface area (Å²) in [5.41, 5.74) is 5.94. The van der Waals surface area contributed by atoms with Crippen LogP contribution in [0.1, 0.15) is 22.3 Å². The second kappa shape index (κ2) is 8.88. The Kier molecular flexibility index (Phi) is 6.59. The van der Waals surface area contributed by atoms with Crippen molar-refractivity contribution in [3.05, 3.63) is 65.2 Å². The van der Waals surface area contributed by atoms with Crippen LogP contribution in [0.5, 0.6) is 0 Å². The van der Waals surface area contributed by atoms with Crippen LogP contribution in [0.2, 0.25) is 0 Å². The third-order valence-electron chi connectivity index (χ3n) is 3.77. The summed E-state index contributed by atoms with van der Waals surface area (Å²) in [5.74, 6) is -3.20. The van der Waals surface area contributed by atoms with Crippen LogP contribution in [-0.4, -0.2) is 30.9 Å². The standard InChI is InChI=1S/C19H18F2N2O4/c1-12-2-3-14(21)10-16(12)19(26)27-11-18(25)23(9-8-17(22)24)15-6-4-13(20)5-7-15/h2-7,10H,8-9,11H2,1H3,(H2,22,24). The zero-order valence-electron chi connectivity index (χ0n) is 14.6. The van der Waals surface area contributed by atoms with Crippen molar-refractivity contribution < 1.29 is 27.9 Å². The highest BCUT2D eigenvalue weighted by Gasteiger charge is 2.20. The fraction of sp³-hybridized carbons (Fsp3) is 0.211. The number of primary amides is 1. The van der Waals surface area contributed by atoms with E-state index in [2.05, 4.69) is 0 Å². The number of nitrogens with zero attached hydrogens (tertiary/aromatic N) is 1. The molecule has 2 amide bonds. The monoisotopic (exact) mass is 376 g/mol. The van der Waals surface area contributed by atoms with Gasteiger partial charge in [-0.15, -0.1) is 0 Å². The van der Waals surface area contributed by atoms with Gasteiger partial charge < -0.3 is 15.4 Å². The smallest absolute Gasteiger partial charge is 0.339 e. The van der Waals surface area contributed by atoms with E-state index >= 15 is 0 Å². The number of rotatable bonds is 7. The molecule has 2 aromatic rings. The molecular formula is C19H18F2N2O4. The molecule has 2 aromatic carbocycles. The molecule has 0 aromatic heterocycles. The average Bonchev–Trinajstić information content (AvgIpc) is 2.63. The van der Waals surface area contributed by atoms with Crippen LogP contribution in [0.15, 0.2) is 42.5 Å². The van der Waals surface area contributed by atoms with E-state index in [-0.39, 0.29) is 18.5 Å². The van der Waals surface area contributed by atoms with Crippen molar-refractivity contribution in [2.24, 2.45) is 5.73 Å². The van der Waals surface area contributed by atoms with Crippen LogP contribution >= 0.6 is 0 Å². The Bertz CT molecular complexity index is 853. The summed E-state index contributed by atoms with van der Waals surface area (Å²) < 4.78 is 31.4. The number of esters is 1. The summed E-state index contributed by atoms with van der Waals surface area (Å²) in [4.78, 5) is 36.8. The molecule has 0 fully saturated rings. The Balaban J connectivity index is 2.10. The molecule has 142 valence electrons. The fourth-order valence-electron chi connectivity index (χ4n) is 2.34. The number of carbonyl (C=O) groups is 3. The van der Waals surface area contributed by atoms with E-state index in [4.69, 9.17) is 10.5 Å². The number of nitrogens with two attached hydrogens (primary N) is 1. The van der Waals surface area contributed by atoms with Gasteiger partial charge in [0.15, 0.2) is 6.61 Å². The van der Waals surface area contributed by atoms with Crippen LogP contribution in [-0.2, 0) is 14.3 Å². The van der Waals surface area contributed by atoms with Gasteiger partial charge in [0.05, 0.1) is 5.56 Å². The number of anilines is 1. The topological polar surface area (TPSA) is 89.7 Å². The first-order chi connectivity index (χ1) is 12.8. The van der Waals surface area contributed by atoms with Gasteiger partial charge in [-0.1, -0.05) is 6.07 Å². The minimum Gasteiger partial charge on any atom is -0.452 e. The van der Waals surface area contributed by atoms with Gasteiger partial charge in [-0.2, -0.15) is 0 Å². The maximum absolute atomic E-state index is 13.3. The van der Waals surface area contributed by atoms with E-state index in [9.17, 15) is 23.2 Å². The molecule has 8 heteroatoms. The largest absolute Gasteiger partial charge is 0.452 e. The van der Waals surface area contributed by atoms with Gasteiger partial charge in [0, 0.05) is 18.7 Å². The van der Waals surface area contributed by atoms with Crippen molar-refractivity contribution >= 4 is 23.5 Å². The van der Waals surface area contributed by atoms with Crippen LogP contribution in [0.25, 0.3) is 0 Å². The van der Waals surface area contributed by atoms with Crippen molar-refractivity contribution in [3.8, 4) is 0 Å². The molecule has 0 atom stereocenters. The SMILES string of the molecule is Cc1ccc(F)cc1C(=O)OCC(=O)N(CCC(N)=O)c1ccc(F)cc1. The number of amides is 2. The summed E-state index contributed by atoms with van der Waals surface area (Å²) >= 11 is 0. The molecule has 0 bridgehead atoms. The molecule has 6 nitrogen and oxygen atoms in total. The van der Waals surface area contributed by atoms with E-state index < -0.39 is 36.0 Å². The zero-order chi connectivity index (χ0) is 20.0. The average molecular weight is 376 g/mol. The van der Waals surface area contributed by atoms with E-state index in [1.807, 2.05) is 0 Å². The first-order valence-electron chi connectivity index (χ1n) is 8.05. The number of benzene rings is 2. The van der Waals surface area contributed by atoms with Gasteiger partial charge in [0.25, 0.3) is 5.91 Å². The van der Waals surface area contributed by atoms with Crippen LogP contribution in [0.4, 0.5) is 14.5 Å². The molecule has 0 saturated heterocycles. The lowest BCUT2D eigenvalue weighted by Gasteiger charge is -2.22. The molecule has 0 spiro atoms. The predicted molar refractivity (Wildman–Crippen MR) is 94.0 cm³/mol. The van der Waals surface area contributed by atoms with Crippen molar-refractivity contribution in [1.29, 1.82) is 0 Å². The summed E-state index contributed by atoms with van der Waals surface area (Å²) in [5, 5.41) is 0. The highest BCUT2D eigenvalue weighted by atomic mass is 19.1. The number of hydrogen-bond donors (Lipinski definition) is 1. The number of halogens is 2. The van der Waals surface area contributed by atoms with Gasteiger partial charge in [-0.3, -0.25) is 9.59 Å². The van der Waals surface area contributed by atoms with Crippen LogP contribution in [0.3, 0.4) is 0 Å². The number of carbonyl (C=O) groups excluding carboxylic acids is 3.